The molecule has 108 valence electrons. The number of allylic oxidation sites excluding steroid dienone is 1. The largest absolute Gasteiger partial charge is 0.368 e. The fourth-order valence-corrected chi connectivity index (χ4v) is 3.42. The van der Waals surface area contributed by atoms with Gasteiger partial charge in [-0.25, -0.2) is 4.98 Å². The van der Waals surface area contributed by atoms with Crippen molar-refractivity contribution in [2.45, 2.75) is 43.6 Å². The Morgan fingerprint density at radius 2 is 2.20 bits per heavy atom. The van der Waals surface area contributed by atoms with E-state index >= 15 is 0 Å². The molecule has 0 bridgehead atoms. The second kappa shape index (κ2) is 5.97. The standard InChI is InChI=1S/C13H19N5S2/c1-5-6-18-11(14)16-17-12(18)20-8-9-7-19-10(15-9)13(2,3)4/h5,7H,1,6,8H2,2-4H3,(H2,14,16). The number of nitrogen functional groups attached to an aromatic ring is 1. The van der Waals surface area contributed by atoms with E-state index in [2.05, 4.69) is 47.9 Å². The second-order valence-electron chi connectivity index (χ2n) is 5.42. The van der Waals surface area contributed by atoms with Crippen LogP contribution in [0.1, 0.15) is 31.5 Å². The van der Waals surface area contributed by atoms with Crippen molar-refractivity contribution in [3.05, 3.63) is 28.7 Å². The molecule has 0 radical (unpaired) electrons. The molecule has 0 aliphatic heterocycles. The molecule has 0 fully saturated rings. The first-order valence-corrected chi connectivity index (χ1v) is 8.15. The molecule has 2 aromatic rings. The summed E-state index contributed by atoms with van der Waals surface area (Å²) in [7, 11) is 0. The van der Waals surface area contributed by atoms with Crippen molar-refractivity contribution in [1.29, 1.82) is 0 Å². The van der Waals surface area contributed by atoms with Gasteiger partial charge in [0.15, 0.2) is 5.16 Å². The first kappa shape index (κ1) is 15.1. The van der Waals surface area contributed by atoms with Gasteiger partial charge in [-0.2, -0.15) is 0 Å². The number of thiazole rings is 1. The van der Waals surface area contributed by atoms with Gasteiger partial charge in [-0.05, 0) is 0 Å². The third-order valence-electron chi connectivity index (χ3n) is 2.60. The van der Waals surface area contributed by atoms with Crippen LogP contribution in [-0.2, 0) is 17.7 Å². The summed E-state index contributed by atoms with van der Waals surface area (Å²) in [4.78, 5) is 4.67. The van der Waals surface area contributed by atoms with Gasteiger partial charge in [0.1, 0.15) is 0 Å². The van der Waals surface area contributed by atoms with Crippen LogP contribution < -0.4 is 5.73 Å². The number of thioether (sulfide) groups is 1. The van der Waals surface area contributed by atoms with Gasteiger partial charge in [0, 0.05) is 23.1 Å². The lowest BCUT2D eigenvalue weighted by Gasteiger charge is -2.13. The fraction of sp³-hybridized carbons (Fsp3) is 0.462. The summed E-state index contributed by atoms with van der Waals surface area (Å²) in [6.45, 7) is 10.8. The van der Waals surface area contributed by atoms with E-state index in [0.29, 0.717) is 12.5 Å². The monoisotopic (exact) mass is 309 g/mol. The van der Waals surface area contributed by atoms with E-state index in [9.17, 15) is 0 Å². The molecule has 0 saturated heterocycles. The van der Waals surface area contributed by atoms with E-state index in [1.54, 1.807) is 29.2 Å². The van der Waals surface area contributed by atoms with Gasteiger partial charge >= 0.3 is 0 Å². The molecule has 0 amide bonds. The van der Waals surface area contributed by atoms with Crippen LogP contribution in [0.15, 0.2) is 23.2 Å². The number of nitrogens with two attached hydrogens (primary N) is 1. The number of hydrogen-bond acceptors (Lipinski definition) is 6. The zero-order valence-corrected chi connectivity index (χ0v) is 13.6. The highest BCUT2D eigenvalue weighted by Crippen LogP contribution is 2.28. The van der Waals surface area contributed by atoms with Gasteiger partial charge in [-0.15, -0.1) is 28.1 Å². The zero-order valence-electron chi connectivity index (χ0n) is 12.0. The normalized spacial score (nSPS) is 11.8. The molecular formula is C13H19N5S2. The Bertz CT molecular complexity index is 594. The molecular weight excluding hydrogens is 290 g/mol. The topological polar surface area (TPSA) is 69.6 Å². The predicted molar refractivity (Wildman–Crippen MR) is 85.0 cm³/mol. The van der Waals surface area contributed by atoms with Gasteiger partial charge in [0.2, 0.25) is 5.95 Å². The van der Waals surface area contributed by atoms with Gasteiger partial charge in [0.25, 0.3) is 0 Å². The molecule has 2 rings (SSSR count). The van der Waals surface area contributed by atoms with E-state index < -0.39 is 0 Å². The molecule has 2 N–H and O–H groups in total. The Kier molecular flexibility index (Phi) is 4.49. The average Bonchev–Trinajstić information content (AvgIpc) is 2.96. The molecule has 0 saturated carbocycles. The third kappa shape index (κ3) is 3.40. The number of nitrogens with zero attached hydrogens (tertiary/aromatic N) is 4. The lowest BCUT2D eigenvalue weighted by molar-refractivity contribution is 0.584. The Hall–Kier alpha value is -1.34. The molecule has 7 heteroatoms. The Labute approximate surface area is 127 Å². The first-order valence-electron chi connectivity index (χ1n) is 6.29. The van der Waals surface area contributed by atoms with E-state index in [4.69, 9.17) is 5.73 Å². The molecule has 0 atom stereocenters. The minimum atomic E-state index is 0.0981. The summed E-state index contributed by atoms with van der Waals surface area (Å²) in [5.74, 6) is 1.18. The first-order chi connectivity index (χ1) is 9.41. The summed E-state index contributed by atoms with van der Waals surface area (Å²) >= 11 is 3.29. The number of hydrogen-bond donors (Lipinski definition) is 1. The summed E-state index contributed by atoms with van der Waals surface area (Å²) < 4.78 is 1.84. The van der Waals surface area contributed by atoms with Crippen molar-refractivity contribution >= 4 is 29.0 Å². The van der Waals surface area contributed by atoms with Crippen LogP contribution in [0.4, 0.5) is 5.95 Å². The number of anilines is 1. The minimum Gasteiger partial charge on any atom is -0.368 e. The van der Waals surface area contributed by atoms with Crippen LogP contribution in [0.2, 0.25) is 0 Å². The van der Waals surface area contributed by atoms with Gasteiger partial charge in [-0.1, -0.05) is 38.6 Å². The summed E-state index contributed by atoms with van der Waals surface area (Å²) in [5.41, 5.74) is 6.94. The second-order valence-corrected chi connectivity index (χ2v) is 7.22. The van der Waals surface area contributed by atoms with Crippen LogP contribution in [0, 0.1) is 0 Å². The van der Waals surface area contributed by atoms with Gasteiger partial charge < -0.3 is 5.73 Å². The van der Waals surface area contributed by atoms with Crippen molar-refractivity contribution in [3.63, 3.8) is 0 Å². The molecule has 5 nitrogen and oxygen atoms in total. The van der Waals surface area contributed by atoms with Crippen molar-refractivity contribution in [1.82, 2.24) is 19.7 Å². The van der Waals surface area contributed by atoms with Crippen molar-refractivity contribution in [2.24, 2.45) is 0 Å². The molecule has 2 heterocycles. The maximum absolute atomic E-state index is 5.77. The molecule has 2 aromatic heterocycles. The predicted octanol–water partition coefficient (Wildman–Crippen LogP) is 3.09. The highest BCUT2D eigenvalue weighted by atomic mass is 32.2. The maximum Gasteiger partial charge on any atom is 0.222 e. The van der Waals surface area contributed by atoms with E-state index in [1.807, 2.05) is 4.57 Å². The molecule has 0 unspecified atom stereocenters. The highest BCUT2D eigenvalue weighted by molar-refractivity contribution is 7.98. The zero-order chi connectivity index (χ0) is 14.8. The van der Waals surface area contributed by atoms with Crippen LogP contribution in [0.3, 0.4) is 0 Å². The number of rotatable bonds is 5. The fourth-order valence-electron chi connectivity index (χ4n) is 1.56. The third-order valence-corrected chi connectivity index (χ3v) is 4.92. The summed E-state index contributed by atoms with van der Waals surface area (Å²) in [6, 6.07) is 0. The Morgan fingerprint density at radius 1 is 1.45 bits per heavy atom. The minimum absolute atomic E-state index is 0.0981. The smallest absolute Gasteiger partial charge is 0.222 e. The number of aromatic nitrogens is 4. The molecule has 20 heavy (non-hydrogen) atoms. The van der Waals surface area contributed by atoms with Crippen LogP contribution in [0.5, 0.6) is 0 Å². The Morgan fingerprint density at radius 3 is 2.80 bits per heavy atom. The van der Waals surface area contributed by atoms with Crippen molar-refractivity contribution < 1.29 is 0 Å². The lowest BCUT2D eigenvalue weighted by Crippen LogP contribution is -2.10. The SMILES string of the molecule is C=CCn1c(N)nnc1SCc1csc(C(C)(C)C)n1. The average molecular weight is 309 g/mol. The van der Waals surface area contributed by atoms with E-state index in [0.717, 1.165) is 21.6 Å². The van der Waals surface area contributed by atoms with E-state index in [-0.39, 0.29) is 5.41 Å². The van der Waals surface area contributed by atoms with Crippen LogP contribution >= 0.6 is 23.1 Å². The maximum atomic E-state index is 5.77. The molecule has 0 aliphatic carbocycles. The van der Waals surface area contributed by atoms with E-state index in [1.165, 1.54) is 0 Å². The van der Waals surface area contributed by atoms with Crippen molar-refractivity contribution in [2.75, 3.05) is 5.73 Å². The van der Waals surface area contributed by atoms with Gasteiger partial charge in [-0.3, -0.25) is 4.57 Å². The van der Waals surface area contributed by atoms with Gasteiger partial charge in [0.05, 0.1) is 10.7 Å². The summed E-state index contributed by atoms with van der Waals surface area (Å²) in [6.07, 6.45) is 1.78. The quantitative estimate of drug-likeness (QED) is 0.679. The summed E-state index contributed by atoms with van der Waals surface area (Å²) in [5, 5.41) is 12.0. The molecule has 0 spiro atoms. The van der Waals surface area contributed by atoms with Crippen molar-refractivity contribution in [3.8, 4) is 0 Å². The molecule has 0 aromatic carbocycles. The van der Waals surface area contributed by atoms with Crippen LogP contribution in [-0.4, -0.2) is 19.7 Å². The lowest BCUT2D eigenvalue weighted by atomic mass is 9.98. The van der Waals surface area contributed by atoms with Crippen LogP contribution in [0.25, 0.3) is 0 Å². The Balaban J connectivity index is 2.05. The molecule has 0 aliphatic rings. The highest BCUT2D eigenvalue weighted by Gasteiger charge is 2.18.